The van der Waals surface area contributed by atoms with Crippen LogP contribution in [0.2, 0.25) is 0 Å². The Morgan fingerprint density at radius 3 is 2.29 bits per heavy atom. The zero-order valence-corrected chi connectivity index (χ0v) is 16.3. The fraction of sp³-hybridized carbons (Fsp3) is 0.333. The Labute approximate surface area is 164 Å². The summed E-state index contributed by atoms with van der Waals surface area (Å²) in [5.74, 6) is 0.872. The van der Waals surface area contributed by atoms with Crippen LogP contribution in [0.4, 0.5) is 0 Å². The molecule has 1 N–H and O–H groups in total. The number of esters is 1. The van der Waals surface area contributed by atoms with Gasteiger partial charge in [-0.25, -0.2) is 4.79 Å². The molecule has 0 aromatic heterocycles. The van der Waals surface area contributed by atoms with Gasteiger partial charge in [-0.2, -0.15) is 0 Å². The molecular formula is C21H25NO6. The summed E-state index contributed by atoms with van der Waals surface area (Å²) >= 11 is 0. The number of carbonyl (C=O) groups excluding carboxylic acids is 2. The normalized spacial score (nSPS) is 11.2. The molecule has 0 radical (unpaired) electrons. The maximum atomic E-state index is 12.1. The van der Waals surface area contributed by atoms with Crippen LogP contribution in [0, 0.1) is 0 Å². The molecule has 1 atom stereocenters. The van der Waals surface area contributed by atoms with Gasteiger partial charge in [0.15, 0.2) is 12.7 Å². The van der Waals surface area contributed by atoms with Gasteiger partial charge in [0.25, 0.3) is 5.91 Å². The summed E-state index contributed by atoms with van der Waals surface area (Å²) in [6.07, 6.45) is -0.939. The minimum Gasteiger partial charge on any atom is -0.496 e. The highest BCUT2D eigenvalue weighted by Crippen LogP contribution is 2.18. The first-order valence-corrected chi connectivity index (χ1v) is 8.98. The molecule has 0 aliphatic heterocycles. The van der Waals surface area contributed by atoms with Crippen molar-refractivity contribution >= 4 is 11.9 Å². The molecule has 2 aromatic rings. The average molecular weight is 387 g/mol. The van der Waals surface area contributed by atoms with Gasteiger partial charge >= 0.3 is 5.97 Å². The van der Waals surface area contributed by atoms with Crippen molar-refractivity contribution in [2.75, 3.05) is 20.3 Å². The Balaban J connectivity index is 1.75. The van der Waals surface area contributed by atoms with E-state index in [0.29, 0.717) is 18.1 Å². The van der Waals surface area contributed by atoms with Gasteiger partial charge in [-0.05, 0) is 44.2 Å². The highest BCUT2D eigenvalue weighted by atomic mass is 16.6. The van der Waals surface area contributed by atoms with Crippen LogP contribution in [-0.4, -0.2) is 38.3 Å². The van der Waals surface area contributed by atoms with Gasteiger partial charge in [-0.15, -0.1) is 0 Å². The maximum absolute atomic E-state index is 12.1. The van der Waals surface area contributed by atoms with Crippen LogP contribution >= 0.6 is 0 Å². The molecule has 0 unspecified atom stereocenters. The number of rotatable bonds is 10. The summed E-state index contributed by atoms with van der Waals surface area (Å²) in [5.41, 5.74) is 0.829. The molecule has 1 amide bonds. The molecule has 28 heavy (non-hydrogen) atoms. The Kier molecular flexibility index (Phi) is 8.14. The number of hydrogen-bond donors (Lipinski definition) is 1. The number of para-hydroxylation sites is 1. The van der Waals surface area contributed by atoms with E-state index in [4.69, 9.17) is 18.9 Å². The van der Waals surface area contributed by atoms with Crippen LogP contribution < -0.4 is 19.5 Å². The van der Waals surface area contributed by atoms with Crippen molar-refractivity contribution in [1.82, 2.24) is 5.32 Å². The standard InChI is InChI=1S/C21H25NO6/c1-4-26-17-9-11-18(12-10-17)27-14-20(23)28-15(2)21(24)22-13-16-7-5-6-8-19(16)25-3/h5-12,15H,4,13-14H2,1-3H3,(H,22,24)/t15-/m1/s1. The molecule has 0 aliphatic rings. The van der Waals surface area contributed by atoms with Gasteiger partial charge in [-0.3, -0.25) is 4.79 Å². The van der Waals surface area contributed by atoms with Crippen LogP contribution in [0.5, 0.6) is 17.2 Å². The van der Waals surface area contributed by atoms with Gasteiger partial charge in [-0.1, -0.05) is 18.2 Å². The molecule has 0 bridgehead atoms. The second-order valence-corrected chi connectivity index (χ2v) is 5.85. The van der Waals surface area contributed by atoms with E-state index in [-0.39, 0.29) is 13.2 Å². The van der Waals surface area contributed by atoms with Crippen molar-refractivity contribution < 1.29 is 28.5 Å². The van der Waals surface area contributed by atoms with Crippen LogP contribution in [-0.2, 0) is 20.9 Å². The fourth-order valence-corrected chi connectivity index (χ4v) is 2.40. The Bertz CT molecular complexity index is 775. The van der Waals surface area contributed by atoms with Crippen molar-refractivity contribution in [3.05, 3.63) is 54.1 Å². The number of nitrogens with one attached hydrogen (secondary N) is 1. The van der Waals surface area contributed by atoms with E-state index >= 15 is 0 Å². The lowest BCUT2D eigenvalue weighted by atomic mass is 10.2. The zero-order valence-electron chi connectivity index (χ0n) is 16.3. The molecule has 0 saturated heterocycles. The zero-order chi connectivity index (χ0) is 20.4. The van der Waals surface area contributed by atoms with Gasteiger partial charge in [0.2, 0.25) is 0 Å². The summed E-state index contributed by atoms with van der Waals surface area (Å²) in [5, 5.41) is 2.72. The fourth-order valence-electron chi connectivity index (χ4n) is 2.40. The number of methoxy groups -OCH3 is 1. The quantitative estimate of drug-likeness (QED) is 0.631. The predicted molar refractivity (Wildman–Crippen MR) is 104 cm³/mol. The number of carbonyl (C=O) groups is 2. The highest BCUT2D eigenvalue weighted by molar-refractivity contribution is 5.83. The molecule has 2 aromatic carbocycles. The van der Waals surface area contributed by atoms with Crippen LogP contribution in [0.3, 0.4) is 0 Å². The van der Waals surface area contributed by atoms with E-state index in [9.17, 15) is 9.59 Å². The number of ether oxygens (including phenoxy) is 4. The summed E-state index contributed by atoms with van der Waals surface area (Å²) in [6.45, 7) is 3.95. The molecule has 0 spiro atoms. The van der Waals surface area contributed by atoms with Gasteiger partial charge in [0, 0.05) is 12.1 Å². The number of hydrogen-bond acceptors (Lipinski definition) is 6. The minimum atomic E-state index is -0.939. The summed E-state index contributed by atoms with van der Waals surface area (Å²) in [7, 11) is 1.56. The van der Waals surface area contributed by atoms with E-state index in [2.05, 4.69) is 5.32 Å². The first-order valence-electron chi connectivity index (χ1n) is 8.98. The first-order chi connectivity index (χ1) is 13.5. The smallest absolute Gasteiger partial charge is 0.344 e. The summed E-state index contributed by atoms with van der Waals surface area (Å²) in [4.78, 5) is 24.0. The second kappa shape index (κ2) is 10.8. The second-order valence-electron chi connectivity index (χ2n) is 5.85. The molecule has 7 heteroatoms. The molecule has 0 aliphatic carbocycles. The molecule has 7 nitrogen and oxygen atoms in total. The van der Waals surface area contributed by atoms with Crippen LogP contribution in [0.25, 0.3) is 0 Å². The van der Waals surface area contributed by atoms with Gasteiger partial charge in [0.05, 0.1) is 13.7 Å². The van der Waals surface area contributed by atoms with E-state index < -0.39 is 18.0 Å². The third kappa shape index (κ3) is 6.50. The lowest BCUT2D eigenvalue weighted by Crippen LogP contribution is -2.36. The Morgan fingerprint density at radius 2 is 1.64 bits per heavy atom. The molecular weight excluding hydrogens is 362 g/mol. The molecule has 2 rings (SSSR count). The van der Waals surface area contributed by atoms with Gasteiger partial charge in [0.1, 0.15) is 17.2 Å². The summed E-state index contributed by atoms with van der Waals surface area (Å²) in [6, 6.07) is 14.2. The highest BCUT2D eigenvalue weighted by Gasteiger charge is 2.18. The topological polar surface area (TPSA) is 83.1 Å². The Hall–Kier alpha value is -3.22. The van der Waals surface area contributed by atoms with E-state index in [1.807, 2.05) is 31.2 Å². The first kappa shape index (κ1) is 21.1. The lowest BCUT2D eigenvalue weighted by molar-refractivity contribution is -0.156. The maximum Gasteiger partial charge on any atom is 0.344 e. The third-order valence-corrected chi connectivity index (χ3v) is 3.81. The van der Waals surface area contributed by atoms with Gasteiger partial charge < -0.3 is 24.3 Å². The number of amides is 1. The molecule has 0 heterocycles. The lowest BCUT2D eigenvalue weighted by Gasteiger charge is -2.15. The third-order valence-electron chi connectivity index (χ3n) is 3.81. The van der Waals surface area contributed by atoms with E-state index in [1.54, 1.807) is 31.4 Å². The SMILES string of the molecule is CCOc1ccc(OCC(=O)O[C@H](C)C(=O)NCc2ccccc2OC)cc1. The minimum absolute atomic E-state index is 0.271. The van der Waals surface area contributed by atoms with Crippen molar-refractivity contribution in [3.63, 3.8) is 0 Å². The largest absolute Gasteiger partial charge is 0.496 e. The average Bonchev–Trinajstić information content (AvgIpc) is 2.71. The Morgan fingerprint density at radius 1 is 1.00 bits per heavy atom. The molecule has 150 valence electrons. The monoisotopic (exact) mass is 387 g/mol. The predicted octanol–water partition coefficient (Wildman–Crippen LogP) is 2.72. The van der Waals surface area contributed by atoms with Crippen LogP contribution in [0.1, 0.15) is 19.4 Å². The van der Waals surface area contributed by atoms with Crippen molar-refractivity contribution in [2.24, 2.45) is 0 Å². The van der Waals surface area contributed by atoms with E-state index in [0.717, 1.165) is 11.3 Å². The van der Waals surface area contributed by atoms with Crippen molar-refractivity contribution in [3.8, 4) is 17.2 Å². The van der Waals surface area contributed by atoms with Crippen molar-refractivity contribution in [2.45, 2.75) is 26.5 Å². The summed E-state index contributed by atoms with van der Waals surface area (Å²) < 4.78 is 21.0. The van der Waals surface area contributed by atoms with E-state index in [1.165, 1.54) is 6.92 Å². The molecule has 0 saturated carbocycles. The number of benzene rings is 2. The molecule has 0 fully saturated rings. The van der Waals surface area contributed by atoms with Crippen molar-refractivity contribution in [1.29, 1.82) is 0 Å². The van der Waals surface area contributed by atoms with Crippen LogP contribution in [0.15, 0.2) is 48.5 Å².